The Hall–Kier alpha value is -4.20. The molecule has 0 saturated heterocycles. The van der Waals surface area contributed by atoms with Gasteiger partial charge in [-0.05, 0) is 42.0 Å². The van der Waals surface area contributed by atoms with E-state index in [2.05, 4.69) is 15.4 Å². The Labute approximate surface area is 202 Å². The van der Waals surface area contributed by atoms with Gasteiger partial charge in [0.15, 0.2) is 5.69 Å². The van der Waals surface area contributed by atoms with Gasteiger partial charge in [0.1, 0.15) is 11.8 Å². The monoisotopic (exact) mass is 497 g/mol. The first-order valence-corrected chi connectivity index (χ1v) is 10.4. The first-order valence-electron chi connectivity index (χ1n) is 10.0. The maximum Gasteiger partial charge on any atom is 0.435 e. The first kappa shape index (κ1) is 23.9. The third kappa shape index (κ3) is 5.16. The molecule has 2 aromatic heterocycles. The highest BCUT2D eigenvalue weighted by Gasteiger charge is 2.36. The smallest absolute Gasteiger partial charge is 0.384 e. The van der Waals surface area contributed by atoms with Crippen molar-refractivity contribution in [3.05, 3.63) is 106 Å². The number of rotatable bonds is 5. The van der Waals surface area contributed by atoms with Crippen molar-refractivity contribution in [2.75, 3.05) is 5.32 Å². The zero-order valence-corrected chi connectivity index (χ0v) is 18.4. The number of amides is 1. The summed E-state index contributed by atoms with van der Waals surface area (Å²) in [6.07, 6.45) is -2.86. The van der Waals surface area contributed by atoms with Gasteiger partial charge in [-0.2, -0.15) is 23.5 Å². The van der Waals surface area contributed by atoms with E-state index in [0.717, 1.165) is 4.68 Å². The van der Waals surface area contributed by atoms with E-state index in [1.165, 1.54) is 42.6 Å². The fourth-order valence-electron chi connectivity index (χ4n) is 3.31. The number of hydrogen-bond donors (Lipinski definition) is 2. The van der Waals surface area contributed by atoms with Crippen LogP contribution in [0.1, 0.15) is 39.0 Å². The normalized spacial score (nSPS) is 12.1. The second-order valence-corrected chi connectivity index (χ2v) is 7.78. The molecule has 0 bridgehead atoms. The van der Waals surface area contributed by atoms with E-state index in [1.54, 1.807) is 24.4 Å². The van der Waals surface area contributed by atoms with Crippen LogP contribution in [0.4, 0.5) is 18.9 Å². The van der Waals surface area contributed by atoms with Gasteiger partial charge >= 0.3 is 6.18 Å². The molecule has 0 saturated carbocycles. The van der Waals surface area contributed by atoms with Crippen LogP contribution in [0, 0.1) is 11.3 Å². The van der Waals surface area contributed by atoms with Crippen LogP contribution in [0.3, 0.4) is 0 Å². The second kappa shape index (κ2) is 9.58. The van der Waals surface area contributed by atoms with Gasteiger partial charge in [-0.1, -0.05) is 29.8 Å². The van der Waals surface area contributed by atoms with Crippen LogP contribution in [0.5, 0.6) is 0 Å². The topological polar surface area (TPSA) is 104 Å². The lowest BCUT2D eigenvalue weighted by Crippen LogP contribution is -2.17. The Balaban J connectivity index is 1.71. The molecule has 0 aliphatic heterocycles. The molecule has 2 heterocycles. The molecule has 0 aliphatic rings. The zero-order chi connectivity index (χ0) is 25.2. The molecular formula is C24H15ClF3N5O2. The van der Waals surface area contributed by atoms with Crippen LogP contribution < -0.4 is 5.32 Å². The molecule has 0 fully saturated rings. The van der Waals surface area contributed by atoms with Gasteiger partial charge in [0, 0.05) is 24.0 Å². The summed E-state index contributed by atoms with van der Waals surface area (Å²) in [5, 5.41) is 25.9. The van der Waals surface area contributed by atoms with Gasteiger partial charge in [0.2, 0.25) is 0 Å². The van der Waals surface area contributed by atoms with Gasteiger partial charge in [0.05, 0.1) is 28.0 Å². The summed E-state index contributed by atoms with van der Waals surface area (Å²) < 4.78 is 41.0. The predicted molar refractivity (Wildman–Crippen MR) is 121 cm³/mol. The number of pyridine rings is 1. The highest BCUT2D eigenvalue weighted by molar-refractivity contribution is 6.34. The average molecular weight is 498 g/mol. The number of nitrogens with one attached hydrogen (secondary N) is 1. The number of carbonyl (C=O) groups is 1. The molecule has 0 spiro atoms. The number of aliphatic hydroxyl groups excluding tert-OH is 1. The van der Waals surface area contributed by atoms with E-state index in [9.17, 15) is 23.1 Å². The fraction of sp³-hybridized carbons (Fsp3) is 0.0833. The number of aliphatic hydroxyl groups is 1. The Bertz CT molecular complexity index is 1430. The minimum Gasteiger partial charge on any atom is -0.384 e. The number of nitrogens with zero attached hydrogens (tertiary/aromatic N) is 4. The molecule has 35 heavy (non-hydrogen) atoms. The number of nitriles is 1. The van der Waals surface area contributed by atoms with Crippen LogP contribution in [0.25, 0.3) is 5.69 Å². The van der Waals surface area contributed by atoms with Crippen molar-refractivity contribution >= 4 is 23.2 Å². The summed E-state index contributed by atoms with van der Waals surface area (Å²) in [4.78, 5) is 17.0. The molecule has 0 radical (unpaired) electrons. The van der Waals surface area contributed by atoms with E-state index in [4.69, 9.17) is 16.9 Å². The van der Waals surface area contributed by atoms with E-state index in [-0.39, 0.29) is 22.0 Å². The summed E-state index contributed by atoms with van der Waals surface area (Å²) >= 11 is 6.21. The highest BCUT2D eigenvalue weighted by Crippen LogP contribution is 2.32. The summed E-state index contributed by atoms with van der Waals surface area (Å²) in [5.41, 5.74) is -0.487. The molecule has 11 heteroatoms. The molecule has 2 N–H and O–H groups in total. The van der Waals surface area contributed by atoms with Gasteiger partial charge in [0.25, 0.3) is 5.91 Å². The molecule has 1 atom stereocenters. The Morgan fingerprint density at radius 1 is 1.11 bits per heavy atom. The molecular weight excluding hydrogens is 483 g/mol. The molecule has 1 unspecified atom stereocenters. The Kier molecular flexibility index (Phi) is 6.55. The molecule has 2 aromatic carbocycles. The summed E-state index contributed by atoms with van der Waals surface area (Å²) in [6, 6.07) is 15.9. The Morgan fingerprint density at radius 3 is 2.60 bits per heavy atom. The summed E-state index contributed by atoms with van der Waals surface area (Å²) in [5.74, 6) is -0.926. The molecule has 4 aromatic rings. The summed E-state index contributed by atoms with van der Waals surface area (Å²) in [7, 11) is 0. The lowest BCUT2D eigenvalue weighted by molar-refractivity contribution is -0.141. The average Bonchev–Trinajstić information content (AvgIpc) is 3.32. The van der Waals surface area contributed by atoms with Crippen LogP contribution in [-0.4, -0.2) is 25.8 Å². The number of alkyl halides is 3. The predicted octanol–water partition coefficient (Wildman–Crippen LogP) is 5.15. The largest absolute Gasteiger partial charge is 0.435 e. The van der Waals surface area contributed by atoms with Crippen LogP contribution in [0.2, 0.25) is 5.02 Å². The second-order valence-electron chi connectivity index (χ2n) is 7.37. The fourth-order valence-corrected chi connectivity index (χ4v) is 3.48. The number of hydrogen-bond acceptors (Lipinski definition) is 5. The number of benzene rings is 2. The number of anilines is 1. The zero-order valence-electron chi connectivity index (χ0n) is 17.7. The molecule has 1 amide bonds. The van der Waals surface area contributed by atoms with Gasteiger partial charge in [-0.3, -0.25) is 9.78 Å². The maximum absolute atomic E-state index is 13.4. The quantitative estimate of drug-likeness (QED) is 0.397. The molecule has 176 valence electrons. The van der Waals surface area contributed by atoms with E-state index < -0.39 is 29.6 Å². The lowest BCUT2D eigenvalue weighted by atomic mass is 10.0. The number of halogens is 4. The standard InChI is InChI=1S/C24H15ClF3N5O2/c25-18-7-6-15(22(34)16-4-2-8-30-13-16)10-19(18)31-23(35)20-11-21(24(26,27)28)32-33(20)17-5-1-3-14(9-17)12-29/h1-11,13,22,34H,(H,31,35). The number of aromatic nitrogens is 3. The van der Waals surface area contributed by atoms with Gasteiger partial charge in [-0.25, -0.2) is 4.68 Å². The van der Waals surface area contributed by atoms with Crippen molar-refractivity contribution < 1.29 is 23.1 Å². The van der Waals surface area contributed by atoms with Crippen molar-refractivity contribution in [3.63, 3.8) is 0 Å². The van der Waals surface area contributed by atoms with E-state index in [0.29, 0.717) is 17.2 Å². The van der Waals surface area contributed by atoms with Crippen molar-refractivity contribution in [1.29, 1.82) is 5.26 Å². The Morgan fingerprint density at radius 2 is 1.91 bits per heavy atom. The van der Waals surface area contributed by atoms with Crippen LogP contribution in [0.15, 0.2) is 73.1 Å². The summed E-state index contributed by atoms with van der Waals surface area (Å²) in [6.45, 7) is 0. The van der Waals surface area contributed by atoms with Crippen molar-refractivity contribution in [1.82, 2.24) is 14.8 Å². The number of carbonyl (C=O) groups excluding carboxylic acids is 1. The first-order chi connectivity index (χ1) is 16.7. The SMILES string of the molecule is N#Cc1cccc(-n2nc(C(F)(F)F)cc2C(=O)Nc2cc(C(O)c3cccnc3)ccc2Cl)c1. The maximum atomic E-state index is 13.4. The molecule has 4 rings (SSSR count). The van der Waals surface area contributed by atoms with Crippen LogP contribution in [-0.2, 0) is 6.18 Å². The highest BCUT2D eigenvalue weighted by atomic mass is 35.5. The van der Waals surface area contributed by atoms with Crippen molar-refractivity contribution in [3.8, 4) is 11.8 Å². The van der Waals surface area contributed by atoms with Crippen molar-refractivity contribution in [2.24, 2.45) is 0 Å². The molecule has 7 nitrogen and oxygen atoms in total. The third-order valence-corrected chi connectivity index (χ3v) is 5.34. The lowest BCUT2D eigenvalue weighted by Gasteiger charge is -2.14. The van der Waals surface area contributed by atoms with E-state index >= 15 is 0 Å². The minimum atomic E-state index is -4.81. The molecule has 0 aliphatic carbocycles. The van der Waals surface area contributed by atoms with Gasteiger partial charge < -0.3 is 10.4 Å². The van der Waals surface area contributed by atoms with Crippen molar-refractivity contribution in [2.45, 2.75) is 12.3 Å². The van der Waals surface area contributed by atoms with Gasteiger partial charge in [-0.15, -0.1) is 0 Å². The van der Waals surface area contributed by atoms with E-state index in [1.807, 2.05) is 6.07 Å². The van der Waals surface area contributed by atoms with Crippen LogP contribution >= 0.6 is 11.6 Å². The third-order valence-electron chi connectivity index (χ3n) is 5.01. The minimum absolute atomic E-state index is 0.0733.